The summed E-state index contributed by atoms with van der Waals surface area (Å²) in [5.74, 6) is -0.389. The number of rotatable bonds is 7. The average Bonchev–Trinajstić information content (AvgIpc) is 2.57. The summed E-state index contributed by atoms with van der Waals surface area (Å²) in [7, 11) is 0. The minimum Gasteiger partial charge on any atom is -0.512 e. The summed E-state index contributed by atoms with van der Waals surface area (Å²) in [6.45, 7) is 1.72. The highest BCUT2D eigenvalue weighted by atomic mass is 16.7. The Hall–Kier alpha value is -1.24. The summed E-state index contributed by atoms with van der Waals surface area (Å²) in [6.07, 6.45) is -11.1. The van der Waals surface area contributed by atoms with E-state index < -0.39 is 56.1 Å². The average molecular weight is 338 g/mol. The molecule has 0 aromatic rings. The first-order valence-corrected chi connectivity index (χ1v) is 6.75. The van der Waals surface area contributed by atoms with Crippen LogP contribution in [-0.4, -0.2) is 97.0 Å². The van der Waals surface area contributed by atoms with E-state index in [0.717, 1.165) is 0 Å². The molecule has 0 bridgehead atoms. The van der Waals surface area contributed by atoms with Crippen LogP contribution in [0.5, 0.6) is 0 Å². The molecule has 0 saturated carbocycles. The van der Waals surface area contributed by atoms with Gasteiger partial charge in [-0.2, -0.15) is 0 Å². The molecule has 10 nitrogen and oxygen atoms in total. The lowest BCUT2D eigenvalue weighted by Crippen LogP contribution is -2.53. The zero-order valence-corrected chi connectivity index (χ0v) is 12.1. The summed E-state index contributed by atoms with van der Waals surface area (Å²) in [6, 6.07) is 0. The first-order chi connectivity index (χ1) is 10.8. The molecule has 1 rings (SSSR count). The Morgan fingerprint density at radius 3 is 2.17 bits per heavy atom. The number of aliphatic hydroxyl groups is 8. The Morgan fingerprint density at radius 1 is 1.13 bits per heavy atom. The van der Waals surface area contributed by atoms with Crippen LogP contribution in [0.1, 0.15) is 0 Å². The molecule has 1 heterocycles. The molecule has 0 aromatic heterocycles. The van der Waals surface area contributed by atoms with Gasteiger partial charge in [0.25, 0.3) is 0 Å². The fourth-order valence-electron chi connectivity index (χ4n) is 1.97. The van der Waals surface area contributed by atoms with Gasteiger partial charge >= 0.3 is 0 Å². The van der Waals surface area contributed by atoms with Gasteiger partial charge in [-0.15, -0.1) is 0 Å². The van der Waals surface area contributed by atoms with Gasteiger partial charge in [-0.25, -0.2) is 0 Å². The van der Waals surface area contributed by atoms with Crippen molar-refractivity contribution >= 4 is 0 Å². The summed E-state index contributed by atoms with van der Waals surface area (Å²) < 4.78 is 10.2. The van der Waals surface area contributed by atoms with Crippen molar-refractivity contribution in [3.63, 3.8) is 0 Å². The summed E-state index contributed by atoms with van der Waals surface area (Å²) in [5, 5.41) is 75.4. The first kappa shape index (κ1) is 19.8. The maximum atomic E-state index is 9.95. The van der Waals surface area contributed by atoms with Crippen molar-refractivity contribution in [3.8, 4) is 0 Å². The predicted octanol–water partition coefficient (Wildman–Crippen LogP) is -3.53. The van der Waals surface area contributed by atoms with E-state index in [1.165, 1.54) is 0 Å². The van der Waals surface area contributed by atoms with Crippen molar-refractivity contribution in [2.24, 2.45) is 0 Å². The lowest BCUT2D eigenvalue weighted by atomic mass is 9.99. The van der Waals surface area contributed by atoms with E-state index in [-0.39, 0.29) is 11.3 Å². The highest BCUT2D eigenvalue weighted by Crippen LogP contribution is 2.29. The molecule has 0 amide bonds. The third-order valence-electron chi connectivity index (χ3n) is 3.41. The lowest BCUT2D eigenvalue weighted by molar-refractivity contribution is -0.254. The molecule has 1 fully saturated rings. The van der Waals surface area contributed by atoms with E-state index in [1.807, 2.05) is 0 Å². The fraction of sp³-hybridized carbons (Fsp3) is 0.692. The van der Waals surface area contributed by atoms with Crippen molar-refractivity contribution in [1.82, 2.24) is 0 Å². The van der Waals surface area contributed by atoms with E-state index in [9.17, 15) is 25.5 Å². The van der Waals surface area contributed by atoms with Crippen LogP contribution in [0, 0.1) is 0 Å². The zero-order chi connectivity index (χ0) is 17.7. The minimum atomic E-state index is -1.82. The van der Waals surface area contributed by atoms with Gasteiger partial charge in [-0.3, -0.25) is 0 Å². The SMILES string of the molecule is C=C1[C@@H](O)[C@@H](O[C@@H]([C@H](O)[C@@H](O)CO)[C@H](O)CO)O/C(=C\O)[C@H]1O. The molecule has 10 heteroatoms. The third-order valence-corrected chi connectivity index (χ3v) is 3.41. The summed E-state index contributed by atoms with van der Waals surface area (Å²) >= 11 is 0. The van der Waals surface area contributed by atoms with Gasteiger partial charge in [0, 0.05) is 0 Å². The molecule has 1 aliphatic heterocycles. The third kappa shape index (κ3) is 4.40. The Kier molecular flexibility index (Phi) is 7.38. The van der Waals surface area contributed by atoms with Crippen LogP contribution in [0.3, 0.4) is 0 Å². The Labute approximate surface area is 131 Å². The molecule has 23 heavy (non-hydrogen) atoms. The van der Waals surface area contributed by atoms with E-state index in [2.05, 4.69) is 6.58 Å². The Morgan fingerprint density at radius 2 is 1.70 bits per heavy atom. The second-order valence-corrected chi connectivity index (χ2v) is 5.03. The predicted molar refractivity (Wildman–Crippen MR) is 73.8 cm³/mol. The normalized spacial score (nSPS) is 32.2. The van der Waals surface area contributed by atoms with Gasteiger partial charge in [0.15, 0.2) is 5.76 Å². The van der Waals surface area contributed by atoms with Crippen LogP contribution in [0.4, 0.5) is 0 Å². The number of aliphatic hydroxyl groups excluding tert-OH is 8. The van der Waals surface area contributed by atoms with Crippen LogP contribution in [0.25, 0.3) is 0 Å². The van der Waals surface area contributed by atoms with E-state index in [0.29, 0.717) is 6.26 Å². The topological polar surface area (TPSA) is 180 Å². The van der Waals surface area contributed by atoms with E-state index >= 15 is 0 Å². The highest BCUT2D eigenvalue weighted by Gasteiger charge is 2.42. The number of ether oxygens (including phenoxy) is 2. The van der Waals surface area contributed by atoms with Crippen LogP contribution < -0.4 is 0 Å². The van der Waals surface area contributed by atoms with Crippen molar-refractivity contribution < 1.29 is 50.3 Å². The zero-order valence-electron chi connectivity index (χ0n) is 12.1. The Balaban J connectivity index is 2.95. The van der Waals surface area contributed by atoms with Crippen molar-refractivity contribution in [3.05, 3.63) is 24.2 Å². The fourth-order valence-corrected chi connectivity index (χ4v) is 1.97. The number of hydrogen-bond donors (Lipinski definition) is 8. The molecule has 0 aromatic carbocycles. The molecule has 1 saturated heterocycles. The molecule has 134 valence electrons. The Bertz CT molecular complexity index is 425. The molecular formula is C13H22O10. The molecule has 0 aliphatic carbocycles. The molecule has 1 aliphatic rings. The van der Waals surface area contributed by atoms with Gasteiger partial charge in [0.1, 0.15) is 42.9 Å². The van der Waals surface area contributed by atoms with Gasteiger partial charge in [0.2, 0.25) is 6.29 Å². The maximum absolute atomic E-state index is 9.95. The van der Waals surface area contributed by atoms with Gasteiger partial charge in [-0.05, 0) is 5.57 Å². The van der Waals surface area contributed by atoms with Gasteiger partial charge in [0.05, 0.1) is 13.2 Å². The standard InChI is InChI=1S/C13H22O10/c1-5-9(19)8(4-16)22-13(10(5)20)23-12(7(18)3-15)11(21)6(17)2-14/h4,6-7,9-21H,1-3H2/b8-4-/t6-,7+,9-,10+,11+,12+,13+/m0/s1. The second kappa shape index (κ2) is 8.57. The largest absolute Gasteiger partial charge is 0.512 e. The van der Waals surface area contributed by atoms with Crippen LogP contribution in [0.15, 0.2) is 24.2 Å². The van der Waals surface area contributed by atoms with Crippen LogP contribution >= 0.6 is 0 Å². The second-order valence-electron chi connectivity index (χ2n) is 5.03. The maximum Gasteiger partial charge on any atom is 0.230 e. The van der Waals surface area contributed by atoms with Crippen LogP contribution in [0.2, 0.25) is 0 Å². The lowest BCUT2D eigenvalue weighted by Gasteiger charge is -2.38. The first-order valence-electron chi connectivity index (χ1n) is 6.75. The molecule has 0 radical (unpaired) electrons. The van der Waals surface area contributed by atoms with Gasteiger partial charge in [-0.1, -0.05) is 6.58 Å². The molecule has 8 N–H and O–H groups in total. The van der Waals surface area contributed by atoms with Crippen molar-refractivity contribution in [2.75, 3.05) is 13.2 Å². The van der Waals surface area contributed by atoms with E-state index in [1.54, 1.807) is 0 Å². The summed E-state index contributed by atoms with van der Waals surface area (Å²) in [4.78, 5) is 0. The highest BCUT2D eigenvalue weighted by molar-refractivity contribution is 5.23. The van der Waals surface area contributed by atoms with Crippen LogP contribution in [-0.2, 0) is 9.47 Å². The molecule has 0 spiro atoms. The minimum absolute atomic E-state index is 0.170. The number of hydrogen-bond acceptors (Lipinski definition) is 10. The summed E-state index contributed by atoms with van der Waals surface area (Å²) in [5.41, 5.74) is -0.170. The molecular weight excluding hydrogens is 316 g/mol. The van der Waals surface area contributed by atoms with Crippen molar-refractivity contribution in [2.45, 2.75) is 42.9 Å². The molecule has 0 unspecified atom stereocenters. The monoisotopic (exact) mass is 338 g/mol. The quantitative estimate of drug-likeness (QED) is 0.171. The van der Waals surface area contributed by atoms with Crippen molar-refractivity contribution in [1.29, 1.82) is 0 Å². The smallest absolute Gasteiger partial charge is 0.230 e. The van der Waals surface area contributed by atoms with E-state index in [4.69, 9.17) is 24.8 Å². The van der Waals surface area contributed by atoms with Gasteiger partial charge < -0.3 is 50.3 Å². The molecule has 7 atom stereocenters.